The Labute approximate surface area is 156 Å². The smallest absolute Gasteiger partial charge is 0.260 e. The standard InChI is InChI=1S/C18H22N6O3/c1-12(2)3-5-16-20-13-9-23(8-7-14(13)27-16)18(25)10-26-17-6-4-15-21-19-11-24(15)22-17/h4,6,11-12H,3,5,7-10H2,1-2H3. The number of aryl methyl sites for hydroxylation is 1. The first kappa shape index (κ1) is 17.4. The third-order valence-corrected chi connectivity index (χ3v) is 4.54. The number of fused-ring (bicyclic) bond motifs is 2. The van der Waals surface area contributed by atoms with Crippen molar-refractivity contribution in [1.29, 1.82) is 0 Å². The third-order valence-electron chi connectivity index (χ3n) is 4.54. The molecule has 0 unspecified atom stereocenters. The summed E-state index contributed by atoms with van der Waals surface area (Å²) in [6, 6.07) is 3.41. The monoisotopic (exact) mass is 370 g/mol. The van der Waals surface area contributed by atoms with Gasteiger partial charge in [0.2, 0.25) is 5.88 Å². The van der Waals surface area contributed by atoms with Crippen LogP contribution in [0.4, 0.5) is 0 Å². The zero-order valence-corrected chi connectivity index (χ0v) is 15.5. The van der Waals surface area contributed by atoms with E-state index in [2.05, 4.69) is 34.1 Å². The zero-order valence-electron chi connectivity index (χ0n) is 15.5. The summed E-state index contributed by atoms with van der Waals surface area (Å²) in [7, 11) is 0. The summed E-state index contributed by atoms with van der Waals surface area (Å²) in [5, 5.41) is 11.8. The molecule has 0 N–H and O–H groups in total. The van der Waals surface area contributed by atoms with E-state index in [-0.39, 0.29) is 12.5 Å². The van der Waals surface area contributed by atoms with Gasteiger partial charge in [0.05, 0.1) is 6.54 Å². The fourth-order valence-corrected chi connectivity index (χ4v) is 3.00. The van der Waals surface area contributed by atoms with Gasteiger partial charge in [0.25, 0.3) is 5.91 Å². The van der Waals surface area contributed by atoms with Crippen molar-refractivity contribution in [2.45, 2.75) is 39.7 Å². The Morgan fingerprint density at radius 3 is 3.11 bits per heavy atom. The number of rotatable bonds is 6. The van der Waals surface area contributed by atoms with E-state index in [1.165, 1.54) is 10.8 Å². The molecular formula is C18H22N6O3. The van der Waals surface area contributed by atoms with E-state index in [1.54, 1.807) is 17.0 Å². The Morgan fingerprint density at radius 1 is 1.37 bits per heavy atom. The third kappa shape index (κ3) is 3.91. The fourth-order valence-electron chi connectivity index (χ4n) is 3.00. The highest BCUT2D eigenvalue weighted by Gasteiger charge is 2.25. The molecule has 4 rings (SSSR count). The summed E-state index contributed by atoms with van der Waals surface area (Å²) in [5.41, 5.74) is 1.48. The first-order chi connectivity index (χ1) is 13.1. The lowest BCUT2D eigenvalue weighted by Crippen LogP contribution is -2.38. The first-order valence-electron chi connectivity index (χ1n) is 9.13. The minimum Gasteiger partial charge on any atom is -0.467 e. The van der Waals surface area contributed by atoms with E-state index in [9.17, 15) is 4.79 Å². The summed E-state index contributed by atoms with van der Waals surface area (Å²) in [6.07, 6.45) is 4.04. The van der Waals surface area contributed by atoms with Crippen molar-refractivity contribution < 1.29 is 13.9 Å². The van der Waals surface area contributed by atoms with Gasteiger partial charge in [-0.15, -0.1) is 15.3 Å². The molecule has 0 saturated carbocycles. The van der Waals surface area contributed by atoms with Crippen LogP contribution in [0.25, 0.3) is 5.65 Å². The highest BCUT2D eigenvalue weighted by Crippen LogP contribution is 2.21. The van der Waals surface area contributed by atoms with Gasteiger partial charge in [0.1, 0.15) is 17.8 Å². The van der Waals surface area contributed by atoms with Gasteiger partial charge >= 0.3 is 0 Å². The highest BCUT2D eigenvalue weighted by molar-refractivity contribution is 5.78. The molecule has 4 heterocycles. The first-order valence-corrected chi connectivity index (χ1v) is 9.13. The topological polar surface area (TPSA) is 98.7 Å². The van der Waals surface area contributed by atoms with Crippen LogP contribution in [0.5, 0.6) is 5.88 Å². The molecule has 0 saturated heterocycles. The number of hydrogen-bond donors (Lipinski definition) is 0. The lowest BCUT2D eigenvalue weighted by molar-refractivity contribution is -0.134. The SMILES string of the molecule is CC(C)CCc1nc2c(o1)CCN(C(=O)COc1ccc3nncn3n1)C2. The number of hydrogen-bond acceptors (Lipinski definition) is 7. The van der Waals surface area contributed by atoms with Crippen molar-refractivity contribution in [1.82, 2.24) is 29.7 Å². The molecule has 27 heavy (non-hydrogen) atoms. The molecule has 0 radical (unpaired) electrons. The molecule has 3 aromatic rings. The van der Waals surface area contributed by atoms with Crippen molar-refractivity contribution in [3.8, 4) is 5.88 Å². The van der Waals surface area contributed by atoms with Crippen molar-refractivity contribution in [3.63, 3.8) is 0 Å². The largest absolute Gasteiger partial charge is 0.467 e. The highest BCUT2D eigenvalue weighted by atomic mass is 16.5. The summed E-state index contributed by atoms with van der Waals surface area (Å²) >= 11 is 0. The molecule has 1 amide bonds. The average molecular weight is 370 g/mol. The summed E-state index contributed by atoms with van der Waals surface area (Å²) in [6.45, 7) is 5.35. The van der Waals surface area contributed by atoms with Crippen LogP contribution in [0.15, 0.2) is 22.9 Å². The van der Waals surface area contributed by atoms with Crippen molar-refractivity contribution >= 4 is 11.6 Å². The second-order valence-corrected chi connectivity index (χ2v) is 7.07. The molecule has 0 spiro atoms. The lowest BCUT2D eigenvalue weighted by Gasteiger charge is -2.25. The van der Waals surface area contributed by atoms with Crippen molar-refractivity contribution in [2.75, 3.05) is 13.2 Å². The number of carbonyl (C=O) groups excluding carboxylic acids is 1. The van der Waals surface area contributed by atoms with Gasteiger partial charge in [-0.05, 0) is 18.4 Å². The van der Waals surface area contributed by atoms with Crippen LogP contribution in [0, 0.1) is 5.92 Å². The van der Waals surface area contributed by atoms with Gasteiger partial charge < -0.3 is 14.1 Å². The fraction of sp³-hybridized carbons (Fsp3) is 0.500. The predicted molar refractivity (Wildman–Crippen MR) is 95.1 cm³/mol. The summed E-state index contributed by atoms with van der Waals surface area (Å²) < 4.78 is 12.9. The van der Waals surface area contributed by atoms with E-state index < -0.39 is 0 Å². The number of aromatic nitrogens is 5. The predicted octanol–water partition coefficient (Wildman–Crippen LogP) is 1.66. The zero-order chi connectivity index (χ0) is 18.8. The van der Waals surface area contributed by atoms with E-state index in [4.69, 9.17) is 9.15 Å². The molecule has 9 heteroatoms. The van der Waals surface area contributed by atoms with Gasteiger partial charge in [0, 0.05) is 25.5 Å². The molecule has 9 nitrogen and oxygen atoms in total. The van der Waals surface area contributed by atoms with Crippen LogP contribution in [-0.4, -0.2) is 48.8 Å². The van der Waals surface area contributed by atoms with E-state index in [0.29, 0.717) is 37.0 Å². The van der Waals surface area contributed by atoms with Crippen LogP contribution in [0.3, 0.4) is 0 Å². The Kier molecular flexibility index (Phi) is 4.74. The van der Waals surface area contributed by atoms with Crippen molar-refractivity contribution in [2.24, 2.45) is 5.92 Å². The van der Waals surface area contributed by atoms with E-state index in [0.717, 1.165) is 30.2 Å². The van der Waals surface area contributed by atoms with Crippen LogP contribution < -0.4 is 4.74 Å². The van der Waals surface area contributed by atoms with Gasteiger partial charge in [-0.2, -0.15) is 4.52 Å². The molecule has 3 aromatic heterocycles. The number of ether oxygens (including phenoxy) is 1. The maximum atomic E-state index is 12.5. The lowest BCUT2D eigenvalue weighted by atomic mass is 10.1. The average Bonchev–Trinajstić information content (AvgIpc) is 3.29. The number of oxazole rings is 1. The Hall–Kier alpha value is -2.97. The molecule has 1 aliphatic rings. The van der Waals surface area contributed by atoms with Crippen LogP contribution in [0.2, 0.25) is 0 Å². The van der Waals surface area contributed by atoms with Gasteiger partial charge in [-0.25, -0.2) is 4.98 Å². The maximum Gasteiger partial charge on any atom is 0.260 e. The Bertz CT molecular complexity index is 948. The molecule has 0 fully saturated rings. The van der Waals surface area contributed by atoms with Gasteiger partial charge in [0.15, 0.2) is 18.1 Å². The molecule has 0 bridgehead atoms. The number of nitrogens with zero attached hydrogens (tertiary/aromatic N) is 6. The summed E-state index contributed by atoms with van der Waals surface area (Å²) in [4.78, 5) is 18.8. The molecule has 1 aliphatic heterocycles. The minimum absolute atomic E-state index is 0.0754. The van der Waals surface area contributed by atoms with E-state index in [1.807, 2.05) is 0 Å². The summed E-state index contributed by atoms with van der Waals surface area (Å²) in [5.74, 6) is 2.53. The Morgan fingerprint density at radius 2 is 2.26 bits per heavy atom. The van der Waals surface area contributed by atoms with Crippen LogP contribution >= 0.6 is 0 Å². The number of carbonyl (C=O) groups is 1. The second-order valence-electron chi connectivity index (χ2n) is 7.07. The van der Waals surface area contributed by atoms with Crippen LogP contribution in [-0.2, 0) is 24.2 Å². The van der Waals surface area contributed by atoms with Crippen molar-refractivity contribution in [3.05, 3.63) is 35.8 Å². The normalized spacial score (nSPS) is 14.0. The second kappa shape index (κ2) is 7.34. The molecule has 0 aromatic carbocycles. The molecule has 0 aliphatic carbocycles. The maximum absolute atomic E-state index is 12.5. The van der Waals surface area contributed by atoms with E-state index >= 15 is 0 Å². The minimum atomic E-state index is -0.0990. The quantitative estimate of drug-likeness (QED) is 0.651. The molecule has 0 atom stereocenters. The molecule has 142 valence electrons. The van der Waals surface area contributed by atoms with Crippen LogP contribution in [0.1, 0.15) is 37.6 Å². The van der Waals surface area contributed by atoms with Gasteiger partial charge in [-0.3, -0.25) is 4.79 Å². The molecular weight excluding hydrogens is 348 g/mol. The Balaban J connectivity index is 1.34. The number of amides is 1. The van der Waals surface area contributed by atoms with Gasteiger partial charge in [-0.1, -0.05) is 13.8 Å².